The lowest BCUT2D eigenvalue weighted by Crippen LogP contribution is -2.38. The van der Waals surface area contributed by atoms with E-state index in [0.717, 1.165) is 54.0 Å². The SMILES string of the molecule is CCn1cc(CN2CCOC(c3cccc(-c4cnc(N)nc4)n3)C2)c2ccc(F)cc21. The van der Waals surface area contributed by atoms with Crippen LogP contribution in [0, 0.1) is 5.82 Å². The molecular weight excluding hydrogens is 407 g/mol. The molecule has 0 spiro atoms. The summed E-state index contributed by atoms with van der Waals surface area (Å²) in [6.45, 7) is 5.85. The quantitative estimate of drug-likeness (QED) is 0.517. The zero-order valence-corrected chi connectivity index (χ0v) is 17.9. The highest BCUT2D eigenvalue weighted by Crippen LogP contribution is 2.28. The van der Waals surface area contributed by atoms with E-state index in [-0.39, 0.29) is 17.9 Å². The van der Waals surface area contributed by atoms with E-state index in [1.165, 1.54) is 11.6 Å². The molecule has 1 atom stereocenters. The average molecular weight is 433 g/mol. The van der Waals surface area contributed by atoms with Crippen molar-refractivity contribution in [3.63, 3.8) is 0 Å². The molecule has 0 aliphatic carbocycles. The fourth-order valence-corrected chi connectivity index (χ4v) is 4.26. The molecule has 1 fully saturated rings. The molecule has 1 saturated heterocycles. The van der Waals surface area contributed by atoms with Gasteiger partial charge in [0.15, 0.2) is 0 Å². The minimum Gasteiger partial charge on any atom is -0.369 e. The lowest BCUT2D eigenvalue weighted by Gasteiger charge is -2.32. The van der Waals surface area contributed by atoms with E-state index < -0.39 is 0 Å². The summed E-state index contributed by atoms with van der Waals surface area (Å²) in [6.07, 6.45) is 5.36. The van der Waals surface area contributed by atoms with Crippen molar-refractivity contribution in [2.45, 2.75) is 26.1 Å². The van der Waals surface area contributed by atoms with Gasteiger partial charge in [-0.15, -0.1) is 0 Å². The van der Waals surface area contributed by atoms with Crippen molar-refractivity contribution in [2.24, 2.45) is 0 Å². The van der Waals surface area contributed by atoms with Crippen LogP contribution >= 0.6 is 0 Å². The van der Waals surface area contributed by atoms with Crippen LogP contribution in [0.2, 0.25) is 0 Å². The fraction of sp³-hybridized carbons (Fsp3) is 0.292. The van der Waals surface area contributed by atoms with Crippen LogP contribution in [0.5, 0.6) is 0 Å². The first kappa shape index (κ1) is 20.5. The van der Waals surface area contributed by atoms with Gasteiger partial charge in [0.1, 0.15) is 11.9 Å². The Kier molecular flexibility index (Phi) is 5.55. The molecular formula is C24H25FN6O. The van der Waals surface area contributed by atoms with E-state index in [9.17, 15) is 4.39 Å². The number of aryl methyl sites for hydroxylation is 1. The van der Waals surface area contributed by atoms with Crippen molar-refractivity contribution in [3.05, 3.63) is 72.1 Å². The molecule has 4 heterocycles. The van der Waals surface area contributed by atoms with Crippen molar-refractivity contribution in [2.75, 3.05) is 25.4 Å². The van der Waals surface area contributed by atoms with Gasteiger partial charge in [0.25, 0.3) is 0 Å². The van der Waals surface area contributed by atoms with Gasteiger partial charge in [-0.2, -0.15) is 0 Å². The predicted molar refractivity (Wildman–Crippen MR) is 121 cm³/mol. The highest BCUT2D eigenvalue weighted by Gasteiger charge is 2.24. The Hall–Kier alpha value is -3.36. The Morgan fingerprint density at radius 3 is 2.84 bits per heavy atom. The summed E-state index contributed by atoms with van der Waals surface area (Å²) in [7, 11) is 0. The summed E-state index contributed by atoms with van der Waals surface area (Å²) in [6, 6.07) is 10.9. The number of fused-ring (bicyclic) bond motifs is 1. The number of rotatable bonds is 5. The number of nitrogen functional groups attached to an aromatic ring is 1. The second-order valence-corrected chi connectivity index (χ2v) is 7.97. The van der Waals surface area contributed by atoms with Crippen LogP contribution in [0.25, 0.3) is 22.2 Å². The largest absolute Gasteiger partial charge is 0.369 e. The third-order valence-electron chi connectivity index (χ3n) is 5.88. The maximum absolute atomic E-state index is 13.8. The van der Waals surface area contributed by atoms with Gasteiger partial charge in [-0.25, -0.2) is 19.3 Å². The number of benzene rings is 1. The summed E-state index contributed by atoms with van der Waals surface area (Å²) in [4.78, 5) is 15.3. The van der Waals surface area contributed by atoms with Crippen LogP contribution < -0.4 is 5.73 Å². The molecule has 4 aromatic rings. The van der Waals surface area contributed by atoms with E-state index in [1.54, 1.807) is 18.5 Å². The van der Waals surface area contributed by atoms with Crippen LogP contribution in [-0.4, -0.2) is 44.1 Å². The number of aromatic nitrogens is 4. The first-order valence-electron chi connectivity index (χ1n) is 10.8. The molecule has 164 valence electrons. The predicted octanol–water partition coefficient (Wildman–Crippen LogP) is 3.81. The van der Waals surface area contributed by atoms with Gasteiger partial charge in [0.2, 0.25) is 5.95 Å². The summed E-state index contributed by atoms with van der Waals surface area (Å²) < 4.78 is 21.9. The number of pyridine rings is 1. The Morgan fingerprint density at radius 2 is 2.03 bits per heavy atom. The molecule has 5 rings (SSSR count). The molecule has 0 amide bonds. The molecule has 8 heteroatoms. The molecule has 1 aliphatic rings. The van der Waals surface area contributed by atoms with Gasteiger partial charge < -0.3 is 15.0 Å². The van der Waals surface area contributed by atoms with E-state index in [4.69, 9.17) is 15.5 Å². The lowest BCUT2D eigenvalue weighted by molar-refractivity contribution is -0.0348. The van der Waals surface area contributed by atoms with Gasteiger partial charge in [-0.3, -0.25) is 4.90 Å². The van der Waals surface area contributed by atoms with Gasteiger partial charge in [-0.1, -0.05) is 6.07 Å². The second kappa shape index (κ2) is 8.64. The number of anilines is 1. The van der Waals surface area contributed by atoms with Crippen LogP contribution in [0.15, 0.2) is 55.0 Å². The Bertz CT molecular complexity index is 1240. The highest BCUT2D eigenvalue weighted by atomic mass is 19.1. The second-order valence-electron chi connectivity index (χ2n) is 7.97. The van der Waals surface area contributed by atoms with Crippen molar-refractivity contribution >= 4 is 16.9 Å². The summed E-state index contributed by atoms with van der Waals surface area (Å²) in [5, 5.41) is 1.10. The minimum absolute atomic E-state index is 0.129. The van der Waals surface area contributed by atoms with E-state index in [0.29, 0.717) is 6.61 Å². The van der Waals surface area contributed by atoms with Crippen molar-refractivity contribution in [1.29, 1.82) is 0 Å². The Morgan fingerprint density at radius 1 is 1.19 bits per heavy atom. The van der Waals surface area contributed by atoms with E-state index in [1.807, 2.05) is 24.3 Å². The van der Waals surface area contributed by atoms with Crippen molar-refractivity contribution in [3.8, 4) is 11.3 Å². The van der Waals surface area contributed by atoms with Crippen LogP contribution in [0.4, 0.5) is 10.3 Å². The molecule has 0 radical (unpaired) electrons. The van der Waals surface area contributed by atoms with E-state index in [2.05, 4.69) is 32.6 Å². The van der Waals surface area contributed by atoms with E-state index >= 15 is 0 Å². The third kappa shape index (κ3) is 4.06. The maximum atomic E-state index is 13.8. The minimum atomic E-state index is -0.208. The molecule has 0 bridgehead atoms. The lowest BCUT2D eigenvalue weighted by atomic mass is 10.1. The Balaban J connectivity index is 1.36. The third-order valence-corrected chi connectivity index (χ3v) is 5.88. The van der Waals surface area contributed by atoms with Crippen LogP contribution in [0.3, 0.4) is 0 Å². The highest BCUT2D eigenvalue weighted by molar-refractivity contribution is 5.84. The first-order chi connectivity index (χ1) is 15.6. The van der Waals surface area contributed by atoms with Gasteiger partial charge >= 0.3 is 0 Å². The molecule has 32 heavy (non-hydrogen) atoms. The van der Waals surface area contributed by atoms with Gasteiger partial charge in [-0.05, 0) is 42.8 Å². The summed E-state index contributed by atoms with van der Waals surface area (Å²) in [5.41, 5.74) is 10.2. The topological polar surface area (TPSA) is 82.1 Å². The molecule has 3 aromatic heterocycles. The monoisotopic (exact) mass is 432 g/mol. The zero-order chi connectivity index (χ0) is 22.1. The normalized spacial score (nSPS) is 17.1. The smallest absolute Gasteiger partial charge is 0.219 e. The number of nitrogens with zero attached hydrogens (tertiary/aromatic N) is 5. The molecule has 1 aromatic carbocycles. The number of nitrogens with two attached hydrogens (primary N) is 1. The number of hydrogen-bond acceptors (Lipinski definition) is 6. The Labute approximate surface area is 185 Å². The number of halogens is 1. The zero-order valence-electron chi connectivity index (χ0n) is 17.9. The number of ether oxygens (including phenoxy) is 1. The van der Waals surface area contributed by atoms with Gasteiger partial charge in [0, 0.05) is 55.7 Å². The number of morpholine rings is 1. The van der Waals surface area contributed by atoms with Gasteiger partial charge in [0.05, 0.1) is 23.5 Å². The molecule has 2 N–H and O–H groups in total. The first-order valence-corrected chi connectivity index (χ1v) is 10.8. The maximum Gasteiger partial charge on any atom is 0.219 e. The standard InChI is InChI=1S/C24H25FN6O/c1-2-31-14-17(19-7-6-18(25)10-22(19)31)13-30-8-9-32-23(15-30)21-5-3-4-20(29-21)16-11-27-24(26)28-12-16/h3-7,10-12,14,23H,2,8-9,13,15H2,1H3,(H2,26,27,28). The molecule has 1 unspecified atom stereocenters. The molecule has 0 saturated carbocycles. The molecule has 1 aliphatic heterocycles. The van der Waals surface area contributed by atoms with Crippen molar-refractivity contribution in [1.82, 2.24) is 24.4 Å². The average Bonchev–Trinajstić information content (AvgIpc) is 3.16. The van der Waals surface area contributed by atoms with Crippen LogP contribution in [-0.2, 0) is 17.8 Å². The van der Waals surface area contributed by atoms with Crippen LogP contribution in [0.1, 0.15) is 24.3 Å². The summed E-state index contributed by atoms with van der Waals surface area (Å²) >= 11 is 0. The number of hydrogen-bond donors (Lipinski definition) is 1. The molecule has 7 nitrogen and oxygen atoms in total. The summed E-state index contributed by atoms with van der Waals surface area (Å²) in [5.74, 6) is 0.0315. The fourth-order valence-electron chi connectivity index (χ4n) is 4.26. The van der Waals surface area contributed by atoms with Crippen molar-refractivity contribution < 1.29 is 9.13 Å².